The highest BCUT2D eigenvalue weighted by Gasteiger charge is 2.33. The van der Waals surface area contributed by atoms with Gasteiger partial charge in [-0.25, -0.2) is 13.2 Å². The summed E-state index contributed by atoms with van der Waals surface area (Å²) in [7, 11) is 0. The second kappa shape index (κ2) is 5.31. The highest BCUT2D eigenvalue weighted by atomic mass is 19.2. The van der Waals surface area contributed by atoms with E-state index in [9.17, 15) is 13.2 Å². The Morgan fingerprint density at radius 1 is 1.33 bits per heavy atom. The molecule has 0 spiro atoms. The van der Waals surface area contributed by atoms with E-state index in [0.29, 0.717) is 0 Å². The molecule has 4 heteroatoms. The summed E-state index contributed by atoms with van der Waals surface area (Å²) in [5.41, 5.74) is -2.03. The van der Waals surface area contributed by atoms with Crippen molar-refractivity contribution in [2.24, 2.45) is 0 Å². The number of piperidine rings is 1. The molecule has 0 radical (unpaired) electrons. The molecule has 2 rings (SSSR count). The highest BCUT2D eigenvalue weighted by Crippen LogP contribution is 2.34. The Hall–Kier alpha value is -1.03. The van der Waals surface area contributed by atoms with Crippen molar-refractivity contribution >= 4 is 0 Å². The molecule has 0 bridgehead atoms. The van der Waals surface area contributed by atoms with Crippen LogP contribution in [0.1, 0.15) is 38.2 Å². The summed E-state index contributed by atoms with van der Waals surface area (Å²) in [6.07, 6.45) is 3.21. The summed E-state index contributed by atoms with van der Waals surface area (Å²) in [6, 6.07) is 3.71. The first-order chi connectivity index (χ1) is 8.50. The first kappa shape index (κ1) is 13.4. The van der Waals surface area contributed by atoms with E-state index in [4.69, 9.17) is 0 Å². The van der Waals surface area contributed by atoms with Gasteiger partial charge in [-0.1, -0.05) is 18.6 Å². The Bertz CT molecular complexity index is 412. The van der Waals surface area contributed by atoms with Gasteiger partial charge < -0.3 is 5.32 Å². The number of nitrogens with one attached hydrogen (secondary N) is 1. The summed E-state index contributed by atoms with van der Waals surface area (Å²) in [4.78, 5) is 0. The molecule has 1 aliphatic heterocycles. The van der Waals surface area contributed by atoms with Crippen LogP contribution in [0.4, 0.5) is 13.2 Å². The zero-order valence-corrected chi connectivity index (χ0v) is 10.5. The molecule has 1 fully saturated rings. The highest BCUT2D eigenvalue weighted by molar-refractivity contribution is 5.25. The molecule has 1 N–H and O–H groups in total. The lowest BCUT2D eigenvalue weighted by Gasteiger charge is -2.30. The lowest BCUT2D eigenvalue weighted by atomic mass is 9.87. The van der Waals surface area contributed by atoms with Crippen LogP contribution in [-0.4, -0.2) is 12.6 Å². The molecule has 1 nitrogen and oxygen atoms in total. The van der Waals surface area contributed by atoms with E-state index in [1.807, 2.05) is 0 Å². The molecular formula is C14H18F3N. The Labute approximate surface area is 105 Å². The van der Waals surface area contributed by atoms with Gasteiger partial charge in [0.05, 0.1) is 0 Å². The maximum atomic E-state index is 14.6. The average Bonchev–Trinajstić information content (AvgIpc) is 2.33. The maximum absolute atomic E-state index is 14.6. The molecule has 0 amide bonds. The minimum atomic E-state index is -1.85. The average molecular weight is 257 g/mol. The van der Waals surface area contributed by atoms with Crippen molar-refractivity contribution < 1.29 is 13.2 Å². The third kappa shape index (κ3) is 2.86. The second-order valence-corrected chi connectivity index (χ2v) is 5.15. The topological polar surface area (TPSA) is 12.0 Å². The Kier molecular flexibility index (Phi) is 3.95. The lowest BCUT2D eigenvalue weighted by molar-refractivity contribution is 0.140. The van der Waals surface area contributed by atoms with Crippen LogP contribution in [0.2, 0.25) is 0 Å². The van der Waals surface area contributed by atoms with Crippen LogP contribution in [0.15, 0.2) is 18.2 Å². The Balaban J connectivity index is 2.16. The molecular weight excluding hydrogens is 239 g/mol. The normalized spacial score (nSPS) is 23.7. The van der Waals surface area contributed by atoms with E-state index in [1.165, 1.54) is 19.1 Å². The second-order valence-electron chi connectivity index (χ2n) is 5.15. The van der Waals surface area contributed by atoms with Gasteiger partial charge in [0, 0.05) is 18.0 Å². The molecule has 0 aromatic heterocycles. The largest absolute Gasteiger partial charge is 0.314 e. The van der Waals surface area contributed by atoms with Gasteiger partial charge in [0.2, 0.25) is 0 Å². The van der Waals surface area contributed by atoms with Crippen LogP contribution in [0, 0.1) is 11.6 Å². The standard InChI is InChI=1S/C14H18F3N/c1-14(17,9-10-5-2-3-8-18-10)11-6-4-7-12(15)13(11)16/h4,6-7,10,18H,2-3,5,8-9H2,1H3. The molecule has 1 aromatic rings. The number of benzene rings is 1. The van der Waals surface area contributed by atoms with E-state index in [-0.39, 0.29) is 18.0 Å². The minimum absolute atomic E-state index is 0.0383. The predicted octanol–water partition coefficient (Wildman–Crippen LogP) is 3.68. The van der Waals surface area contributed by atoms with E-state index in [0.717, 1.165) is 31.9 Å². The fourth-order valence-corrected chi connectivity index (χ4v) is 2.58. The van der Waals surface area contributed by atoms with Crippen LogP contribution in [0.25, 0.3) is 0 Å². The molecule has 1 saturated heterocycles. The molecule has 0 aliphatic carbocycles. The number of alkyl halides is 1. The first-order valence-corrected chi connectivity index (χ1v) is 6.37. The van der Waals surface area contributed by atoms with Crippen LogP contribution >= 0.6 is 0 Å². The number of hydrogen-bond acceptors (Lipinski definition) is 1. The maximum Gasteiger partial charge on any atom is 0.165 e. The summed E-state index contributed by atoms with van der Waals surface area (Å²) in [5.74, 6) is -2.06. The van der Waals surface area contributed by atoms with Crippen LogP contribution in [-0.2, 0) is 5.67 Å². The third-order valence-corrected chi connectivity index (χ3v) is 3.56. The van der Waals surface area contributed by atoms with E-state index < -0.39 is 17.3 Å². The summed E-state index contributed by atoms with van der Waals surface area (Å²) in [5, 5.41) is 3.22. The number of halogens is 3. The lowest BCUT2D eigenvalue weighted by Crippen LogP contribution is -2.38. The zero-order valence-electron chi connectivity index (χ0n) is 10.5. The fraction of sp³-hybridized carbons (Fsp3) is 0.571. The minimum Gasteiger partial charge on any atom is -0.314 e. The van der Waals surface area contributed by atoms with Gasteiger partial charge >= 0.3 is 0 Å². The van der Waals surface area contributed by atoms with Gasteiger partial charge in [0.1, 0.15) is 5.67 Å². The quantitative estimate of drug-likeness (QED) is 0.871. The fourth-order valence-electron chi connectivity index (χ4n) is 2.58. The van der Waals surface area contributed by atoms with E-state index in [1.54, 1.807) is 0 Å². The summed E-state index contributed by atoms with van der Waals surface area (Å²) < 4.78 is 41.3. The van der Waals surface area contributed by atoms with Gasteiger partial charge in [-0.15, -0.1) is 0 Å². The predicted molar refractivity (Wildman–Crippen MR) is 65.1 cm³/mol. The summed E-state index contributed by atoms with van der Waals surface area (Å²) in [6.45, 7) is 2.19. The first-order valence-electron chi connectivity index (χ1n) is 6.37. The van der Waals surface area contributed by atoms with Gasteiger partial charge in [-0.2, -0.15) is 0 Å². The number of rotatable bonds is 3. The molecule has 1 aliphatic rings. The van der Waals surface area contributed by atoms with Crippen LogP contribution in [0.3, 0.4) is 0 Å². The van der Waals surface area contributed by atoms with Crippen molar-refractivity contribution in [3.63, 3.8) is 0 Å². The molecule has 0 saturated carbocycles. The van der Waals surface area contributed by atoms with Crippen molar-refractivity contribution in [3.05, 3.63) is 35.4 Å². The smallest absolute Gasteiger partial charge is 0.165 e. The van der Waals surface area contributed by atoms with Crippen molar-refractivity contribution in [1.82, 2.24) is 5.32 Å². The monoisotopic (exact) mass is 257 g/mol. The molecule has 2 atom stereocenters. The molecule has 2 unspecified atom stereocenters. The van der Waals surface area contributed by atoms with E-state index >= 15 is 0 Å². The Morgan fingerprint density at radius 2 is 2.11 bits per heavy atom. The molecule has 18 heavy (non-hydrogen) atoms. The van der Waals surface area contributed by atoms with Crippen molar-refractivity contribution in [2.75, 3.05) is 6.54 Å². The third-order valence-electron chi connectivity index (χ3n) is 3.56. The van der Waals surface area contributed by atoms with Gasteiger partial charge in [-0.3, -0.25) is 0 Å². The number of hydrogen-bond donors (Lipinski definition) is 1. The zero-order chi connectivity index (χ0) is 13.2. The van der Waals surface area contributed by atoms with E-state index in [2.05, 4.69) is 5.32 Å². The van der Waals surface area contributed by atoms with Crippen LogP contribution in [0.5, 0.6) is 0 Å². The van der Waals surface area contributed by atoms with Gasteiger partial charge in [-0.05, 0) is 32.4 Å². The van der Waals surface area contributed by atoms with Crippen molar-refractivity contribution in [2.45, 2.75) is 44.3 Å². The molecule has 100 valence electrons. The van der Waals surface area contributed by atoms with Gasteiger partial charge in [0.25, 0.3) is 0 Å². The Morgan fingerprint density at radius 3 is 2.78 bits per heavy atom. The molecule has 1 heterocycles. The van der Waals surface area contributed by atoms with Crippen LogP contribution < -0.4 is 5.32 Å². The van der Waals surface area contributed by atoms with Gasteiger partial charge in [0.15, 0.2) is 11.6 Å². The SMILES string of the molecule is CC(F)(CC1CCCCN1)c1cccc(F)c1F. The van der Waals surface area contributed by atoms with Crippen molar-refractivity contribution in [1.29, 1.82) is 0 Å². The van der Waals surface area contributed by atoms with Crippen molar-refractivity contribution in [3.8, 4) is 0 Å². The molecule has 1 aromatic carbocycles. The summed E-state index contributed by atoms with van der Waals surface area (Å²) >= 11 is 0.